The Morgan fingerprint density at radius 1 is 1.50 bits per heavy atom. The van der Waals surface area contributed by atoms with Crippen molar-refractivity contribution in [1.29, 1.82) is 5.26 Å². The second-order valence-electron chi connectivity index (χ2n) is 4.95. The SMILES string of the molecule is Cc1cc(C(=O)O/C=C2/Nc3ccccc3C(=O)N2CC#N)no1. The minimum atomic E-state index is -0.732. The Kier molecular flexibility index (Phi) is 3.99. The molecule has 1 amide bonds. The van der Waals surface area contributed by atoms with E-state index in [0.717, 1.165) is 6.26 Å². The fraction of sp³-hybridized carbons (Fsp3) is 0.125. The van der Waals surface area contributed by atoms with E-state index >= 15 is 0 Å². The number of rotatable bonds is 3. The van der Waals surface area contributed by atoms with Crippen molar-refractivity contribution in [2.75, 3.05) is 11.9 Å². The number of hydrogen-bond acceptors (Lipinski definition) is 7. The normalized spacial score (nSPS) is 14.8. The molecule has 0 atom stereocenters. The second kappa shape index (κ2) is 6.26. The number of nitrogens with one attached hydrogen (secondary N) is 1. The van der Waals surface area contributed by atoms with Crippen LogP contribution in [0.3, 0.4) is 0 Å². The van der Waals surface area contributed by atoms with Crippen LogP contribution in [0.15, 0.2) is 46.9 Å². The largest absolute Gasteiger partial charge is 0.426 e. The van der Waals surface area contributed by atoms with Gasteiger partial charge in [0.15, 0.2) is 11.5 Å². The number of carbonyl (C=O) groups excluding carboxylic acids is 2. The summed E-state index contributed by atoms with van der Waals surface area (Å²) in [6, 6.07) is 10.2. The Labute approximate surface area is 136 Å². The number of amides is 1. The number of anilines is 1. The second-order valence-corrected chi connectivity index (χ2v) is 4.95. The molecule has 0 saturated heterocycles. The van der Waals surface area contributed by atoms with Gasteiger partial charge in [-0.3, -0.25) is 9.69 Å². The van der Waals surface area contributed by atoms with Gasteiger partial charge < -0.3 is 14.6 Å². The van der Waals surface area contributed by atoms with Gasteiger partial charge in [0.25, 0.3) is 5.91 Å². The number of ether oxygens (including phenoxy) is 1. The molecule has 0 unspecified atom stereocenters. The molecule has 0 bridgehead atoms. The van der Waals surface area contributed by atoms with E-state index in [1.54, 1.807) is 31.2 Å². The Morgan fingerprint density at radius 2 is 2.29 bits per heavy atom. The summed E-state index contributed by atoms with van der Waals surface area (Å²) in [5.41, 5.74) is 1.01. The van der Waals surface area contributed by atoms with Crippen molar-refractivity contribution in [3.05, 3.63) is 59.4 Å². The van der Waals surface area contributed by atoms with Gasteiger partial charge in [-0.1, -0.05) is 17.3 Å². The van der Waals surface area contributed by atoms with E-state index in [4.69, 9.17) is 14.5 Å². The summed E-state index contributed by atoms with van der Waals surface area (Å²) in [5.74, 6) is -0.427. The van der Waals surface area contributed by atoms with Crippen LogP contribution in [0.2, 0.25) is 0 Å². The van der Waals surface area contributed by atoms with Crippen LogP contribution >= 0.6 is 0 Å². The van der Waals surface area contributed by atoms with Crippen LogP contribution in [-0.4, -0.2) is 28.5 Å². The van der Waals surface area contributed by atoms with E-state index in [0.29, 0.717) is 17.0 Å². The number of fused-ring (bicyclic) bond motifs is 1. The molecule has 1 aromatic heterocycles. The van der Waals surface area contributed by atoms with Crippen molar-refractivity contribution in [2.24, 2.45) is 0 Å². The lowest BCUT2D eigenvalue weighted by Gasteiger charge is -2.29. The molecule has 8 nitrogen and oxygen atoms in total. The number of aromatic nitrogens is 1. The predicted molar refractivity (Wildman–Crippen MR) is 81.5 cm³/mol. The van der Waals surface area contributed by atoms with Crippen LogP contribution in [0.5, 0.6) is 0 Å². The number of esters is 1. The molecule has 8 heteroatoms. The molecule has 0 aliphatic carbocycles. The van der Waals surface area contributed by atoms with E-state index in [9.17, 15) is 9.59 Å². The highest BCUT2D eigenvalue weighted by molar-refractivity contribution is 6.03. The molecule has 0 radical (unpaired) electrons. The monoisotopic (exact) mass is 324 g/mol. The van der Waals surface area contributed by atoms with E-state index in [-0.39, 0.29) is 24.0 Å². The predicted octanol–water partition coefficient (Wildman–Crippen LogP) is 2.03. The van der Waals surface area contributed by atoms with Crippen molar-refractivity contribution in [1.82, 2.24) is 10.1 Å². The zero-order valence-corrected chi connectivity index (χ0v) is 12.6. The number of carbonyl (C=O) groups is 2. The van der Waals surface area contributed by atoms with Crippen molar-refractivity contribution in [3.8, 4) is 6.07 Å². The van der Waals surface area contributed by atoms with Gasteiger partial charge in [0, 0.05) is 6.07 Å². The maximum atomic E-state index is 12.5. The van der Waals surface area contributed by atoms with Gasteiger partial charge in [-0.25, -0.2) is 4.79 Å². The van der Waals surface area contributed by atoms with Crippen molar-refractivity contribution in [3.63, 3.8) is 0 Å². The Bertz CT molecular complexity index is 878. The molecule has 1 aliphatic heterocycles. The minimum Gasteiger partial charge on any atom is -0.426 e. The highest BCUT2D eigenvalue weighted by atomic mass is 16.5. The standard InChI is InChI=1S/C16H12N4O4/c1-10-8-13(19-24-10)16(22)23-9-14-18-12-5-3-2-4-11(12)15(21)20(14)7-6-17/h2-5,8-9,18H,7H2,1H3/b14-9-. The smallest absolute Gasteiger partial charge is 0.365 e. The fourth-order valence-corrected chi connectivity index (χ4v) is 2.19. The van der Waals surface area contributed by atoms with E-state index < -0.39 is 5.97 Å². The third kappa shape index (κ3) is 2.83. The molecule has 2 heterocycles. The van der Waals surface area contributed by atoms with Crippen LogP contribution in [0.4, 0.5) is 5.69 Å². The first-order chi connectivity index (χ1) is 11.6. The lowest BCUT2D eigenvalue weighted by atomic mass is 10.1. The quantitative estimate of drug-likeness (QED) is 0.522. The zero-order valence-electron chi connectivity index (χ0n) is 12.6. The van der Waals surface area contributed by atoms with Gasteiger partial charge in [-0.05, 0) is 19.1 Å². The third-order valence-electron chi connectivity index (χ3n) is 3.30. The molecule has 1 aliphatic rings. The molecule has 0 fully saturated rings. The average molecular weight is 324 g/mol. The molecule has 1 aromatic carbocycles. The Balaban J connectivity index is 1.86. The first-order valence-electron chi connectivity index (χ1n) is 6.99. The van der Waals surface area contributed by atoms with E-state index in [1.807, 2.05) is 6.07 Å². The molecule has 120 valence electrons. The summed E-state index contributed by atoms with van der Waals surface area (Å²) in [5, 5.41) is 15.5. The number of aryl methyl sites for hydroxylation is 1. The third-order valence-corrected chi connectivity index (χ3v) is 3.30. The number of nitrogens with zero attached hydrogens (tertiary/aromatic N) is 3. The molecule has 0 spiro atoms. The lowest BCUT2D eigenvalue weighted by molar-refractivity contribution is 0.0634. The van der Waals surface area contributed by atoms with Gasteiger partial charge in [0.1, 0.15) is 18.6 Å². The van der Waals surface area contributed by atoms with Gasteiger partial charge in [-0.2, -0.15) is 5.26 Å². The van der Waals surface area contributed by atoms with Crippen molar-refractivity contribution < 1.29 is 18.8 Å². The summed E-state index contributed by atoms with van der Waals surface area (Å²) in [4.78, 5) is 25.6. The summed E-state index contributed by atoms with van der Waals surface area (Å²) in [7, 11) is 0. The summed E-state index contributed by atoms with van der Waals surface area (Å²) in [6.45, 7) is 1.46. The molecular weight excluding hydrogens is 312 g/mol. The van der Waals surface area contributed by atoms with Crippen molar-refractivity contribution >= 4 is 17.6 Å². The minimum absolute atomic E-state index is 0.0127. The highest BCUT2D eigenvalue weighted by Gasteiger charge is 2.28. The maximum Gasteiger partial charge on any atom is 0.365 e. The van der Waals surface area contributed by atoms with Crippen molar-refractivity contribution in [2.45, 2.75) is 6.92 Å². The fourth-order valence-electron chi connectivity index (χ4n) is 2.19. The average Bonchev–Trinajstić information content (AvgIpc) is 3.02. The molecule has 0 saturated carbocycles. The summed E-state index contributed by atoms with van der Waals surface area (Å²) < 4.78 is 9.84. The van der Waals surface area contributed by atoms with Crippen LogP contribution in [0.1, 0.15) is 26.6 Å². The Hall–Kier alpha value is -3.60. The lowest BCUT2D eigenvalue weighted by Crippen LogP contribution is -2.38. The van der Waals surface area contributed by atoms with E-state index in [1.165, 1.54) is 11.0 Å². The van der Waals surface area contributed by atoms with Crippen LogP contribution in [-0.2, 0) is 4.74 Å². The summed E-state index contributed by atoms with van der Waals surface area (Å²) >= 11 is 0. The molecular formula is C16H12N4O4. The van der Waals surface area contributed by atoms with E-state index in [2.05, 4.69) is 10.5 Å². The Morgan fingerprint density at radius 3 is 3.00 bits per heavy atom. The van der Waals surface area contributed by atoms with Gasteiger partial charge in [-0.15, -0.1) is 0 Å². The number of benzene rings is 1. The highest BCUT2D eigenvalue weighted by Crippen LogP contribution is 2.26. The van der Waals surface area contributed by atoms with Gasteiger partial charge >= 0.3 is 5.97 Å². The van der Waals surface area contributed by atoms with Gasteiger partial charge in [0.05, 0.1) is 17.3 Å². The molecule has 24 heavy (non-hydrogen) atoms. The number of hydrogen-bond donors (Lipinski definition) is 1. The first-order valence-corrected chi connectivity index (χ1v) is 6.99. The van der Waals surface area contributed by atoms with Crippen LogP contribution < -0.4 is 5.32 Å². The topological polar surface area (TPSA) is 108 Å². The zero-order chi connectivity index (χ0) is 17.1. The number of para-hydroxylation sites is 1. The van der Waals surface area contributed by atoms with Gasteiger partial charge in [0.2, 0.25) is 0 Å². The maximum absolute atomic E-state index is 12.5. The van der Waals surface area contributed by atoms with Crippen LogP contribution in [0, 0.1) is 18.3 Å². The molecule has 2 aromatic rings. The summed E-state index contributed by atoms with van der Waals surface area (Å²) in [6.07, 6.45) is 1.08. The molecule has 3 rings (SSSR count). The molecule has 1 N–H and O–H groups in total. The number of nitriles is 1. The van der Waals surface area contributed by atoms with Crippen LogP contribution in [0.25, 0.3) is 0 Å². The first kappa shape index (κ1) is 15.3.